The van der Waals surface area contributed by atoms with Gasteiger partial charge in [-0.3, -0.25) is 0 Å². The number of benzene rings is 2. The topological polar surface area (TPSA) is 37.3 Å². The van der Waals surface area contributed by atoms with Crippen LogP contribution in [0.1, 0.15) is 0 Å². The third-order valence-corrected chi connectivity index (χ3v) is 2.67. The van der Waals surface area contributed by atoms with Crippen LogP contribution in [0.3, 0.4) is 0 Å². The molecule has 0 unspecified atom stereocenters. The van der Waals surface area contributed by atoms with Gasteiger partial charge in [0.15, 0.2) is 46.5 Å². The van der Waals surface area contributed by atoms with E-state index < -0.39 is 84.8 Å². The molecule has 0 atom stereocenters. The van der Waals surface area contributed by atoms with E-state index in [0.29, 0.717) is 0 Å². The first-order valence-corrected chi connectivity index (χ1v) is 6.62. The Kier molecular flexibility index (Phi) is 6.56. The standard InChI is InChI=1S/C12F10.Al.H2O.O/c13-3-1(4(14)8(18)11(21)7(3)17)2-5(15)9(19)12(22)10(20)6(2)16;;;/h;;1H2;/q;+1;;/p-1. The Morgan fingerprint density at radius 1 is 0.440 bits per heavy atom. The third kappa shape index (κ3) is 3.47. The number of hydrogen-bond acceptors (Lipinski definition) is 1. The van der Waals surface area contributed by atoms with Crippen LogP contribution < -0.4 is 0 Å². The molecule has 0 heterocycles. The normalized spacial score (nSPS) is 10.2. The predicted molar refractivity (Wildman–Crippen MR) is 60.1 cm³/mol. The summed E-state index contributed by atoms with van der Waals surface area (Å²) in [5.41, 5.74) is -4.52. The number of hydrogen-bond donors (Lipinski definition) is 1. The summed E-state index contributed by atoms with van der Waals surface area (Å²) in [6.45, 7) is 0. The van der Waals surface area contributed by atoms with Crippen LogP contribution in [0.25, 0.3) is 11.1 Å². The van der Waals surface area contributed by atoms with Crippen molar-refractivity contribution >= 4 is 15.5 Å². The molecule has 0 saturated heterocycles. The van der Waals surface area contributed by atoms with Crippen molar-refractivity contribution in [3.05, 3.63) is 58.2 Å². The fourth-order valence-electron chi connectivity index (χ4n) is 1.65. The molecule has 0 aromatic heterocycles. The molecule has 2 aromatic carbocycles. The summed E-state index contributed by atoms with van der Waals surface area (Å²) in [6.07, 6.45) is 0. The molecule has 0 spiro atoms. The van der Waals surface area contributed by atoms with Gasteiger partial charge in [-0.1, -0.05) is 0 Å². The van der Waals surface area contributed by atoms with Crippen molar-refractivity contribution in [1.29, 1.82) is 0 Å². The van der Waals surface area contributed by atoms with Crippen molar-refractivity contribution < 1.29 is 51.9 Å². The maximum absolute atomic E-state index is 13.4. The molecule has 1 N–H and O–H groups in total. The molecule has 0 aliphatic rings. The second kappa shape index (κ2) is 7.84. The van der Waals surface area contributed by atoms with Crippen LogP contribution in [0, 0.1) is 58.2 Å². The van der Waals surface area contributed by atoms with Crippen LogP contribution >= 0.6 is 0 Å². The van der Waals surface area contributed by atoms with Gasteiger partial charge in [0.2, 0.25) is 11.6 Å². The van der Waals surface area contributed by atoms with Crippen molar-refractivity contribution in [2.24, 2.45) is 0 Å². The summed E-state index contributed by atoms with van der Waals surface area (Å²) < 4.78 is 147. The number of rotatable bonds is 1. The molecular formula is C12HAlF10O2. The summed E-state index contributed by atoms with van der Waals surface area (Å²) >= 11 is -1.50. The van der Waals surface area contributed by atoms with E-state index in [4.69, 9.17) is 7.96 Å². The first kappa shape index (κ1) is 20.9. The first-order chi connectivity index (χ1) is 11.5. The van der Waals surface area contributed by atoms with Crippen LogP contribution in [0.2, 0.25) is 0 Å². The van der Waals surface area contributed by atoms with Gasteiger partial charge in [-0.25, -0.2) is 43.9 Å². The van der Waals surface area contributed by atoms with E-state index in [1.54, 1.807) is 0 Å². The molecule has 0 aliphatic heterocycles. The van der Waals surface area contributed by atoms with Crippen molar-refractivity contribution in [2.45, 2.75) is 0 Å². The average molecular weight is 394 g/mol. The van der Waals surface area contributed by atoms with Crippen molar-refractivity contribution in [1.82, 2.24) is 0 Å². The molecule has 0 fully saturated rings. The molecule has 0 amide bonds. The number of halogens is 10. The van der Waals surface area contributed by atoms with Crippen LogP contribution in [0.4, 0.5) is 43.9 Å². The fraction of sp³-hybridized carbons (Fsp3) is 0. The summed E-state index contributed by atoms with van der Waals surface area (Å²) in [7, 11) is 0. The molecule has 25 heavy (non-hydrogen) atoms. The van der Waals surface area contributed by atoms with Crippen molar-refractivity contribution in [3.63, 3.8) is 0 Å². The van der Waals surface area contributed by atoms with E-state index in [1.165, 1.54) is 0 Å². The summed E-state index contributed by atoms with van der Waals surface area (Å²) in [5.74, 6) is -26.6. The van der Waals surface area contributed by atoms with Crippen molar-refractivity contribution in [2.75, 3.05) is 0 Å². The molecule has 2 nitrogen and oxygen atoms in total. The zero-order valence-corrected chi connectivity index (χ0v) is 12.4. The molecule has 0 saturated carbocycles. The maximum atomic E-state index is 13.4. The third-order valence-electron chi connectivity index (χ3n) is 2.67. The van der Waals surface area contributed by atoms with E-state index >= 15 is 0 Å². The van der Waals surface area contributed by atoms with Gasteiger partial charge in [-0.2, -0.15) is 0 Å². The van der Waals surface area contributed by atoms with Crippen LogP contribution in [0.5, 0.6) is 0 Å². The van der Waals surface area contributed by atoms with Gasteiger partial charge in [0.1, 0.15) is 0 Å². The molecule has 134 valence electrons. The molecular weight excluding hydrogens is 393 g/mol. The molecule has 13 heteroatoms. The van der Waals surface area contributed by atoms with E-state index in [0.717, 1.165) is 0 Å². The van der Waals surface area contributed by atoms with E-state index in [9.17, 15) is 43.9 Å². The SMILES string of the molecule is Fc1c(F)c(F)c(-c2c(F)c(F)c(F)c(F)c2F)c(F)c1F.[O]=[Al][OH]. The Morgan fingerprint density at radius 3 is 0.720 bits per heavy atom. The van der Waals surface area contributed by atoms with Crippen LogP contribution in [0.15, 0.2) is 0 Å². The summed E-state index contributed by atoms with van der Waals surface area (Å²) in [6, 6.07) is 0. The Hall–Kier alpha value is -2.13. The van der Waals surface area contributed by atoms with E-state index in [2.05, 4.69) is 0 Å². The van der Waals surface area contributed by atoms with Gasteiger partial charge in [0.25, 0.3) is 0 Å². The van der Waals surface area contributed by atoms with Gasteiger partial charge in [0, 0.05) is 0 Å². The Balaban J connectivity index is 0.000000970. The second-order valence-electron chi connectivity index (χ2n) is 4.00. The summed E-state index contributed by atoms with van der Waals surface area (Å²) in [4.78, 5) is 0. The average Bonchev–Trinajstić information content (AvgIpc) is 2.58. The zero-order valence-electron chi connectivity index (χ0n) is 11.2. The quantitative estimate of drug-likeness (QED) is 0.347. The molecule has 2 rings (SSSR count). The molecule has 0 radical (unpaired) electrons. The van der Waals surface area contributed by atoms with Gasteiger partial charge in [-0.15, -0.1) is 0 Å². The van der Waals surface area contributed by atoms with E-state index in [1.807, 2.05) is 0 Å². The van der Waals surface area contributed by atoms with Crippen LogP contribution in [-0.2, 0) is 3.80 Å². The van der Waals surface area contributed by atoms with Crippen LogP contribution in [-0.4, -0.2) is 19.6 Å². The van der Waals surface area contributed by atoms with Crippen molar-refractivity contribution in [3.8, 4) is 11.1 Å². The Bertz CT molecular complexity index is 729. The fourth-order valence-corrected chi connectivity index (χ4v) is 1.65. The second-order valence-corrected chi connectivity index (χ2v) is 4.21. The minimum atomic E-state index is -2.68. The first-order valence-electron chi connectivity index (χ1n) is 5.63. The zero-order chi connectivity index (χ0) is 19.6. The molecule has 0 bridgehead atoms. The molecule has 0 aliphatic carbocycles. The minimum absolute atomic E-state index is 1.50. The van der Waals surface area contributed by atoms with Gasteiger partial charge >= 0.3 is 23.4 Å². The Labute approximate surface area is 137 Å². The Morgan fingerprint density at radius 2 is 0.560 bits per heavy atom. The molecule has 2 aromatic rings. The van der Waals surface area contributed by atoms with Gasteiger partial charge < -0.3 is 0 Å². The van der Waals surface area contributed by atoms with Gasteiger partial charge in [-0.05, 0) is 0 Å². The predicted octanol–water partition coefficient (Wildman–Crippen LogP) is 3.69. The van der Waals surface area contributed by atoms with Gasteiger partial charge in [0.05, 0.1) is 11.1 Å². The summed E-state index contributed by atoms with van der Waals surface area (Å²) in [5, 5.41) is 0. The van der Waals surface area contributed by atoms with E-state index in [-0.39, 0.29) is 0 Å². The monoisotopic (exact) mass is 394 g/mol.